The van der Waals surface area contributed by atoms with E-state index in [1.54, 1.807) is 41.2 Å². The summed E-state index contributed by atoms with van der Waals surface area (Å²) >= 11 is 0. The molecule has 2 aromatic carbocycles. The SMILES string of the molecule is CC(=O)Nc1ccc(NC(=O)c2cc(-c3cnn(C)c3C)nc3ccccc23)cc1. The summed E-state index contributed by atoms with van der Waals surface area (Å²) in [5.74, 6) is -0.378. The number of aryl methyl sites for hydroxylation is 1. The molecular weight excluding hydrogens is 378 g/mol. The maximum Gasteiger partial charge on any atom is 0.256 e. The zero-order valence-electron chi connectivity index (χ0n) is 16.9. The number of para-hydroxylation sites is 1. The van der Waals surface area contributed by atoms with Crippen molar-refractivity contribution in [1.29, 1.82) is 0 Å². The average Bonchev–Trinajstić information content (AvgIpc) is 3.06. The van der Waals surface area contributed by atoms with Crippen LogP contribution in [-0.4, -0.2) is 26.6 Å². The Labute approximate surface area is 173 Å². The van der Waals surface area contributed by atoms with Gasteiger partial charge in [0.2, 0.25) is 5.91 Å². The van der Waals surface area contributed by atoms with Crippen LogP contribution in [0.1, 0.15) is 23.0 Å². The van der Waals surface area contributed by atoms with Crippen molar-refractivity contribution in [2.75, 3.05) is 10.6 Å². The summed E-state index contributed by atoms with van der Waals surface area (Å²) in [7, 11) is 1.87. The third-order valence-electron chi connectivity index (χ3n) is 4.94. The van der Waals surface area contributed by atoms with Gasteiger partial charge in [-0.25, -0.2) is 4.98 Å². The number of carbonyl (C=O) groups excluding carboxylic acids is 2. The van der Waals surface area contributed by atoms with E-state index < -0.39 is 0 Å². The second kappa shape index (κ2) is 7.79. The standard InChI is InChI=1S/C23H21N5O2/c1-14-20(13-24-28(14)3)22-12-19(18-6-4-5-7-21(18)27-22)23(30)26-17-10-8-16(9-11-17)25-15(2)29/h4-13H,1-3H3,(H,25,29)(H,26,30). The molecule has 0 atom stereocenters. The zero-order valence-corrected chi connectivity index (χ0v) is 16.9. The summed E-state index contributed by atoms with van der Waals surface area (Å²) in [6.07, 6.45) is 1.76. The Morgan fingerprint density at radius 1 is 0.967 bits per heavy atom. The predicted octanol–water partition coefficient (Wildman–Crippen LogP) is 4.15. The number of fused-ring (bicyclic) bond motifs is 1. The predicted molar refractivity (Wildman–Crippen MR) is 117 cm³/mol. The van der Waals surface area contributed by atoms with E-state index in [0.29, 0.717) is 22.6 Å². The fourth-order valence-electron chi connectivity index (χ4n) is 3.29. The third-order valence-corrected chi connectivity index (χ3v) is 4.94. The molecule has 7 heteroatoms. The molecule has 0 aliphatic heterocycles. The summed E-state index contributed by atoms with van der Waals surface area (Å²) in [5.41, 5.74) is 5.13. The topological polar surface area (TPSA) is 88.9 Å². The second-order valence-corrected chi connectivity index (χ2v) is 7.05. The smallest absolute Gasteiger partial charge is 0.256 e. The highest BCUT2D eigenvalue weighted by Crippen LogP contribution is 2.27. The van der Waals surface area contributed by atoms with Gasteiger partial charge in [0.05, 0.1) is 23.0 Å². The van der Waals surface area contributed by atoms with E-state index in [0.717, 1.165) is 22.2 Å². The van der Waals surface area contributed by atoms with Crippen molar-refractivity contribution in [3.63, 3.8) is 0 Å². The lowest BCUT2D eigenvalue weighted by Crippen LogP contribution is -2.13. The van der Waals surface area contributed by atoms with E-state index in [-0.39, 0.29) is 11.8 Å². The van der Waals surface area contributed by atoms with Gasteiger partial charge < -0.3 is 10.6 Å². The van der Waals surface area contributed by atoms with Gasteiger partial charge in [-0.15, -0.1) is 0 Å². The monoisotopic (exact) mass is 399 g/mol. The number of carbonyl (C=O) groups is 2. The molecule has 150 valence electrons. The molecule has 30 heavy (non-hydrogen) atoms. The summed E-state index contributed by atoms with van der Waals surface area (Å²) in [5, 5.41) is 10.7. The minimum absolute atomic E-state index is 0.145. The number of nitrogens with one attached hydrogen (secondary N) is 2. The van der Waals surface area contributed by atoms with Crippen molar-refractivity contribution in [3.05, 3.63) is 72.1 Å². The van der Waals surface area contributed by atoms with Crippen LogP contribution in [0.4, 0.5) is 11.4 Å². The van der Waals surface area contributed by atoms with Crippen molar-refractivity contribution in [3.8, 4) is 11.3 Å². The van der Waals surface area contributed by atoms with Gasteiger partial charge in [0.15, 0.2) is 0 Å². The van der Waals surface area contributed by atoms with Crippen LogP contribution in [0.3, 0.4) is 0 Å². The molecular formula is C23H21N5O2. The number of hydrogen-bond acceptors (Lipinski definition) is 4. The molecule has 2 heterocycles. The maximum absolute atomic E-state index is 13.1. The van der Waals surface area contributed by atoms with E-state index in [1.807, 2.05) is 38.2 Å². The Bertz CT molecular complexity index is 1260. The molecule has 7 nitrogen and oxygen atoms in total. The van der Waals surface area contributed by atoms with Crippen molar-refractivity contribution in [2.24, 2.45) is 7.05 Å². The van der Waals surface area contributed by atoms with Crippen LogP contribution >= 0.6 is 0 Å². The van der Waals surface area contributed by atoms with Crippen molar-refractivity contribution in [1.82, 2.24) is 14.8 Å². The molecule has 0 aliphatic rings. The largest absolute Gasteiger partial charge is 0.326 e. The van der Waals surface area contributed by atoms with Crippen molar-refractivity contribution >= 4 is 34.1 Å². The number of nitrogens with zero attached hydrogens (tertiary/aromatic N) is 3. The first-order chi connectivity index (χ1) is 14.4. The van der Waals surface area contributed by atoms with Crippen LogP contribution in [0.25, 0.3) is 22.2 Å². The Balaban J connectivity index is 1.71. The molecule has 0 unspecified atom stereocenters. The molecule has 0 bridgehead atoms. The van der Waals surface area contributed by atoms with Gasteiger partial charge in [0.1, 0.15) is 0 Å². The van der Waals surface area contributed by atoms with Gasteiger partial charge in [0, 0.05) is 42.0 Å². The Kier molecular flexibility index (Phi) is 5.02. The number of hydrogen-bond donors (Lipinski definition) is 2. The summed E-state index contributed by atoms with van der Waals surface area (Å²) in [6.45, 7) is 3.42. The molecule has 0 spiro atoms. The molecule has 4 rings (SSSR count). The number of pyridine rings is 1. The van der Waals surface area contributed by atoms with Crippen molar-refractivity contribution < 1.29 is 9.59 Å². The van der Waals surface area contributed by atoms with Gasteiger partial charge in [-0.2, -0.15) is 5.10 Å². The van der Waals surface area contributed by atoms with Crippen LogP contribution in [0.5, 0.6) is 0 Å². The van der Waals surface area contributed by atoms with E-state index in [1.165, 1.54) is 6.92 Å². The highest BCUT2D eigenvalue weighted by molar-refractivity contribution is 6.13. The number of benzene rings is 2. The summed E-state index contributed by atoms with van der Waals surface area (Å²) < 4.78 is 1.78. The Morgan fingerprint density at radius 2 is 1.63 bits per heavy atom. The Hall–Kier alpha value is -4.00. The van der Waals surface area contributed by atoms with Gasteiger partial charge in [-0.1, -0.05) is 18.2 Å². The summed E-state index contributed by atoms with van der Waals surface area (Å²) in [6, 6.07) is 16.3. The fourth-order valence-corrected chi connectivity index (χ4v) is 3.29. The molecule has 2 amide bonds. The molecule has 0 aliphatic carbocycles. The first-order valence-corrected chi connectivity index (χ1v) is 9.50. The minimum Gasteiger partial charge on any atom is -0.326 e. The highest BCUT2D eigenvalue weighted by atomic mass is 16.2. The lowest BCUT2D eigenvalue weighted by atomic mass is 10.0. The van der Waals surface area contributed by atoms with Gasteiger partial charge in [0.25, 0.3) is 5.91 Å². The molecule has 2 N–H and O–H groups in total. The van der Waals surface area contributed by atoms with Crippen LogP contribution in [0.2, 0.25) is 0 Å². The van der Waals surface area contributed by atoms with Crippen molar-refractivity contribution in [2.45, 2.75) is 13.8 Å². The lowest BCUT2D eigenvalue weighted by molar-refractivity contribution is -0.114. The third kappa shape index (κ3) is 3.77. The van der Waals surface area contributed by atoms with E-state index in [9.17, 15) is 9.59 Å². The van der Waals surface area contributed by atoms with Gasteiger partial charge >= 0.3 is 0 Å². The molecule has 0 saturated carbocycles. The molecule has 0 fully saturated rings. The van der Waals surface area contributed by atoms with Gasteiger partial charge in [-0.05, 0) is 43.3 Å². The first-order valence-electron chi connectivity index (χ1n) is 9.50. The van der Waals surface area contributed by atoms with Crippen LogP contribution in [0, 0.1) is 6.92 Å². The number of anilines is 2. The summed E-state index contributed by atoms with van der Waals surface area (Å²) in [4.78, 5) is 29.0. The highest BCUT2D eigenvalue weighted by Gasteiger charge is 2.16. The fraction of sp³-hybridized carbons (Fsp3) is 0.130. The quantitative estimate of drug-likeness (QED) is 0.539. The lowest BCUT2D eigenvalue weighted by Gasteiger charge is -2.11. The minimum atomic E-state index is -0.233. The van der Waals surface area contributed by atoms with Crippen LogP contribution < -0.4 is 10.6 Å². The molecule has 0 saturated heterocycles. The molecule has 4 aromatic rings. The second-order valence-electron chi connectivity index (χ2n) is 7.05. The van der Waals surface area contributed by atoms with Gasteiger partial charge in [-0.3, -0.25) is 14.3 Å². The van der Waals surface area contributed by atoms with E-state index in [4.69, 9.17) is 4.98 Å². The molecule has 2 aromatic heterocycles. The zero-order chi connectivity index (χ0) is 21.3. The number of rotatable bonds is 4. The first kappa shape index (κ1) is 19.3. The van der Waals surface area contributed by atoms with Crippen LogP contribution in [0.15, 0.2) is 60.8 Å². The Morgan fingerprint density at radius 3 is 2.27 bits per heavy atom. The normalized spacial score (nSPS) is 10.8. The van der Waals surface area contributed by atoms with E-state index in [2.05, 4.69) is 15.7 Å². The maximum atomic E-state index is 13.1. The average molecular weight is 399 g/mol. The number of amides is 2. The van der Waals surface area contributed by atoms with E-state index >= 15 is 0 Å². The number of aromatic nitrogens is 3. The molecule has 0 radical (unpaired) electrons. The van der Waals surface area contributed by atoms with Crippen LogP contribution in [-0.2, 0) is 11.8 Å².